The number of ketones is 1. The smallest absolute Gasteiger partial charge is 0.200 e. The molecule has 1 heterocycles. The molecule has 0 radical (unpaired) electrons. The van der Waals surface area contributed by atoms with Crippen molar-refractivity contribution in [3.63, 3.8) is 0 Å². The summed E-state index contributed by atoms with van der Waals surface area (Å²) >= 11 is 0. The van der Waals surface area contributed by atoms with E-state index >= 15 is 0 Å². The van der Waals surface area contributed by atoms with Crippen LogP contribution >= 0.6 is 0 Å². The van der Waals surface area contributed by atoms with Gasteiger partial charge in [-0.05, 0) is 49.2 Å². The molecule has 0 spiro atoms. The molecule has 4 aromatic rings. The Bertz CT molecular complexity index is 1320. The minimum absolute atomic E-state index is 0.173. The van der Waals surface area contributed by atoms with Gasteiger partial charge in [0, 0.05) is 22.7 Å². The Morgan fingerprint density at radius 3 is 2.43 bits per heavy atom. The van der Waals surface area contributed by atoms with Gasteiger partial charge in [0.2, 0.25) is 5.43 Å². The molecular formula is C26H23NO3. The molecule has 0 amide bonds. The summed E-state index contributed by atoms with van der Waals surface area (Å²) in [7, 11) is 1.64. The molecule has 4 nitrogen and oxygen atoms in total. The second-order valence-corrected chi connectivity index (χ2v) is 7.46. The van der Waals surface area contributed by atoms with Crippen molar-refractivity contribution in [1.29, 1.82) is 0 Å². The van der Waals surface area contributed by atoms with E-state index in [0.29, 0.717) is 17.5 Å². The van der Waals surface area contributed by atoms with Gasteiger partial charge in [0.05, 0.1) is 24.7 Å². The van der Waals surface area contributed by atoms with Gasteiger partial charge in [-0.3, -0.25) is 9.59 Å². The number of hydrogen-bond acceptors (Lipinski definition) is 3. The Kier molecular flexibility index (Phi) is 5.23. The van der Waals surface area contributed by atoms with Crippen molar-refractivity contribution in [2.24, 2.45) is 0 Å². The molecule has 3 aromatic carbocycles. The van der Waals surface area contributed by atoms with E-state index in [0.717, 1.165) is 28.0 Å². The molecule has 0 saturated carbocycles. The van der Waals surface area contributed by atoms with Crippen molar-refractivity contribution in [1.82, 2.24) is 4.57 Å². The molecule has 0 N–H and O–H groups in total. The average Bonchev–Trinajstić information content (AvgIpc) is 2.77. The molecule has 1 aromatic heterocycles. The zero-order valence-corrected chi connectivity index (χ0v) is 17.3. The van der Waals surface area contributed by atoms with E-state index in [9.17, 15) is 9.59 Å². The highest BCUT2D eigenvalue weighted by Gasteiger charge is 2.18. The van der Waals surface area contributed by atoms with Crippen LogP contribution in [0.3, 0.4) is 0 Å². The molecule has 4 heteroatoms. The van der Waals surface area contributed by atoms with E-state index in [1.165, 1.54) is 0 Å². The molecule has 0 aliphatic heterocycles. The number of pyridine rings is 1. The third-order valence-electron chi connectivity index (χ3n) is 5.53. The highest BCUT2D eigenvalue weighted by atomic mass is 16.5. The van der Waals surface area contributed by atoms with Gasteiger partial charge >= 0.3 is 0 Å². The summed E-state index contributed by atoms with van der Waals surface area (Å²) in [4.78, 5) is 26.4. The quantitative estimate of drug-likeness (QED) is 0.450. The minimum Gasteiger partial charge on any atom is -0.496 e. The van der Waals surface area contributed by atoms with Crippen LogP contribution in [0.15, 0.2) is 77.7 Å². The Hall–Kier alpha value is -3.66. The largest absolute Gasteiger partial charge is 0.496 e. The van der Waals surface area contributed by atoms with Crippen molar-refractivity contribution >= 4 is 16.7 Å². The fourth-order valence-electron chi connectivity index (χ4n) is 3.69. The number of rotatable bonds is 5. The molecule has 0 fully saturated rings. The van der Waals surface area contributed by atoms with Gasteiger partial charge in [-0.1, -0.05) is 42.5 Å². The number of methoxy groups -OCH3 is 1. The number of aromatic nitrogens is 1. The van der Waals surface area contributed by atoms with Crippen LogP contribution < -0.4 is 10.2 Å². The molecule has 4 rings (SSSR count). The van der Waals surface area contributed by atoms with Crippen LogP contribution in [-0.2, 0) is 6.54 Å². The molecule has 0 unspecified atom stereocenters. The van der Waals surface area contributed by atoms with E-state index in [1.807, 2.05) is 73.0 Å². The second kappa shape index (κ2) is 7.99. The first-order chi connectivity index (χ1) is 14.5. The van der Waals surface area contributed by atoms with E-state index in [-0.39, 0.29) is 16.8 Å². The normalized spacial score (nSPS) is 10.9. The van der Waals surface area contributed by atoms with Gasteiger partial charge in [-0.25, -0.2) is 0 Å². The third-order valence-corrected chi connectivity index (χ3v) is 5.53. The van der Waals surface area contributed by atoms with E-state index < -0.39 is 0 Å². The zero-order valence-electron chi connectivity index (χ0n) is 17.3. The lowest BCUT2D eigenvalue weighted by Gasteiger charge is -2.15. The number of hydrogen-bond donors (Lipinski definition) is 0. The summed E-state index contributed by atoms with van der Waals surface area (Å²) in [5.41, 5.74) is 4.34. The van der Waals surface area contributed by atoms with Crippen LogP contribution in [0.2, 0.25) is 0 Å². The van der Waals surface area contributed by atoms with Gasteiger partial charge in [-0.2, -0.15) is 0 Å². The lowest BCUT2D eigenvalue weighted by molar-refractivity contribution is 0.103. The first-order valence-corrected chi connectivity index (χ1v) is 9.85. The Labute approximate surface area is 175 Å². The van der Waals surface area contributed by atoms with Gasteiger partial charge in [0.15, 0.2) is 5.78 Å². The van der Waals surface area contributed by atoms with Gasteiger partial charge in [-0.15, -0.1) is 0 Å². The van der Waals surface area contributed by atoms with Crippen LogP contribution in [0.5, 0.6) is 5.75 Å². The maximum absolute atomic E-state index is 13.3. The monoisotopic (exact) mass is 397 g/mol. The highest BCUT2D eigenvalue weighted by Crippen LogP contribution is 2.22. The van der Waals surface area contributed by atoms with E-state index in [1.54, 1.807) is 25.4 Å². The van der Waals surface area contributed by atoms with Gasteiger partial charge < -0.3 is 9.30 Å². The van der Waals surface area contributed by atoms with Crippen LogP contribution in [0.1, 0.15) is 32.6 Å². The van der Waals surface area contributed by atoms with Crippen molar-refractivity contribution in [3.8, 4) is 5.75 Å². The van der Waals surface area contributed by atoms with Crippen LogP contribution in [0.4, 0.5) is 0 Å². The molecule has 0 bridgehead atoms. The Balaban J connectivity index is 1.89. The first kappa shape index (κ1) is 19.6. The molecule has 0 aliphatic carbocycles. The van der Waals surface area contributed by atoms with Crippen LogP contribution in [0.25, 0.3) is 10.9 Å². The number of ether oxygens (including phenoxy) is 1. The van der Waals surface area contributed by atoms with Crippen molar-refractivity contribution in [3.05, 3.63) is 111 Å². The van der Waals surface area contributed by atoms with E-state index in [2.05, 4.69) is 0 Å². The SMILES string of the molecule is COc1ccccc1Cn1cc(C(=O)c2ccc(C)c(C)c2)c(=O)c2ccccc21. The van der Waals surface area contributed by atoms with Crippen molar-refractivity contribution < 1.29 is 9.53 Å². The van der Waals surface area contributed by atoms with Crippen molar-refractivity contribution in [2.45, 2.75) is 20.4 Å². The van der Waals surface area contributed by atoms with Crippen LogP contribution in [0, 0.1) is 13.8 Å². The summed E-state index contributed by atoms with van der Waals surface area (Å²) in [5.74, 6) is 0.505. The number of aryl methyl sites for hydroxylation is 2. The Morgan fingerprint density at radius 1 is 0.933 bits per heavy atom. The molecule has 0 aliphatic rings. The molecule has 30 heavy (non-hydrogen) atoms. The van der Waals surface area contributed by atoms with Gasteiger partial charge in [0.25, 0.3) is 0 Å². The molecule has 0 atom stereocenters. The molecule has 150 valence electrons. The molecule has 0 saturated heterocycles. The maximum atomic E-state index is 13.3. The predicted molar refractivity (Wildman–Crippen MR) is 120 cm³/mol. The highest BCUT2D eigenvalue weighted by molar-refractivity contribution is 6.10. The van der Waals surface area contributed by atoms with Gasteiger partial charge in [0.1, 0.15) is 5.75 Å². The summed E-state index contributed by atoms with van der Waals surface area (Å²) in [6.45, 7) is 4.45. The number of benzene rings is 3. The second-order valence-electron chi connectivity index (χ2n) is 7.46. The zero-order chi connectivity index (χ0) is 21.3. The third kappa shape index (κ3) is 3.52. The topological polar surface area (TPSA) is 48.3 Å². The number of carbonyl (C=O) groups excluding carboxylic acids is 1. The summed E-state index contributed by atoms with van der Waals surface area (Å²) in [6, 6.07) is 20.7. The lowest BCUT2D eigenvalue weighted by atomic mass is 9.98. The van der Waals surface area contributed by atoms with Crippen LogP contribution in [-0.4, -0.2) is 17.5 Å². The maximum Gasteiger partial charge on any atom is 0.200 e. The average molecular weight is 397 g/mol. The summed E-state index contributed by atoms with van der Waals surface area (Å²) in [6.07, 6.45) is 1.68. The van der Waals surface area contributed by atoms with E-state index in [4.69, 9.17) is 4.74 Å². The fraction of sp³-hybridized carbons (Fsp3) is 0.154. The van der Waals surface area contributed by atoms with Crippen molar-refractivity contribution in [2.75, 3.05) is 7.11 Å². The molecular weight excluding hydrogens is 374 g/mol. The predicted octanol–water partition coefficient (Wildman–Crippen LogP) is 4.91. The number of para-hydroxylation sites is 2. The Morgan fingerprint density at radius 2 is 1.67 bits per heavy atom. The summed E-state index contributed by atoms with van der Waals surface area (Å²) in [5, 5.41) is 0.530. The lowest BCUT2D eigenvalue weighted by Crippen LogP contribution is -2.20. The number of fused-ring (bicyclic) bond motifs is 1. The first-order valence-electron chi connectivity index (χ1n) is 9.85. The number of carbonyl (C=O) groups is 1. The fourth-order valence-corrected chi connectivity index (χ4v) is 3.69. The minimum atomic E-state index is -0.261. The number of nitrogens with zero attached hydrogens (tertiary/aromatic N) is 1. The summed E-state index contributed by atoms with van der Waals surface area (Å²) < 4.78 is 7.43. The standard InChI is InChI=1S/C26H23NO3/c1-17-12-13-19(14-18(17)2)25(28)22-16-27(15-20-8-4-7-11-24(20)30-3)23-10-6-5-9-21(23)26(22)29/h4-14,16H,15H2,1-3H3.